The van der Waals surface area contributed by atoms with Gasteiger partial charge < -0.3 is 24.3 Å². The van der Waals surface area contributed by atoms with Crippen molar-refractivity contribution in [1.29, 1.82) is 0 Å². The molecule has 188 valence electrons. The number of imidazole rings is 1. The average Bonchev–Trinajstić information content (AvgIpc) is 3.26. The Morgan fingerprint density at radius 1 is 1.06 bits per heavy atom. The highest BCUT2D eigenvalue weighted by molar-refractivity contribution is 5.94. The van der Waals surface area contributed by atoms with E-state index in [0.29, 0.717) is 11.3 Å². The van der Waals surface area contributed by atoms with Gasteiger partial charge in [-0.1, -0.05) is 12.1 Å². The van der Waals surface area contributed by atoms with Crippen LogP contribution in [0.4, 0.5) is 13.2 Å². The minimum atomic E-state index is -4.49. The van der Waals surface area contributed by atoms with Gasteiger partial charge in [-0.3, -0.25) is 4.79 Å². The Labute approximate surface area is 205 Å². The number of hydrogen-bond donors (Lipinski definition) is 2. The van der Waals surface area contributed by atoms with Crippen LogP contribution in [0.25, 0.3) is 5.65 Å². The molecule has 0 aliphatic heterocycles. The van der Waals surface area contributed by atoms with E-state index in [0.717, 1.165) is 29.0 Å². The predicted molar refractivity (Wildman–Crippen MR) is 126 cm³/mol. The predicted octanol–water partition coefficient (Wildman–Crippen LogP) is 4.41. The number of pyridine rings is 1. The number of ether oxygens (including phenoxy) is 2. The lowest BCUT2D eigenvalue weighted by Crippen LogP contribution is -2.35. The molecule has 2 aromatic carbocycles. The fourth-order valence-corrected chi connectivity index (χ4v) is 3.41. The number of amides is 1. The molecule has 0 saturated carbocycles. The van der Waals surface area contributed by atoms with E-state index in [1.807, 2.05) is 35.9 Å². The smallest absolute Gasteiger partial charge is 0.416 e. The second-order valence-electron chi connectivity index (χ2n) is 8.22. The van der Waals surface area contributed by atoms with E-state index in [9.17, 15) is 23.1 Å². The molecule has 0 saturated heterocycles. The normalized spacial score (nSPS) is 12.4. The van der Waals surface area contributed by atoms with Crippen LogP contribution >= 0.6 is 0 Å². The molecule has 4 aromatic rings. The number of rotatable bonds is 9. The third kappa shape index (κ3) is 6.54. The van der Waals surface area contributed by atoms with Crippen molar-refractivity contribution in [2.24, 2.45) is 0 Å². The van der Waals surface area contributed by atoms with Crippen LogP contribution in [0.1, 0.15) is 27.2 Å². The first-order valence-electron chi connectivity index (χ1n) is 11.1. The van der Waals surface area contributed by atoms with E-state index in [-0.39, 0.29) is 25.5 Å². The summed E-state index contributed by atoms with van der Waals surface area (Å²) in [6.45, 7) is 1.85. The van der Waals surface area contributed by atoms with E-state index < -0.39 is 23.8 Å². The third-order valence-corrected chi connectivity index (χ3v) is 5.25. The number of halogens is 3. The van der Waals surface area contributed by atoms with Crippen molar-refractivity contribution < 1.29 is 32.5 Å². The Bertz CT molecular complexity index is 1340. The maximum absolute atomic E-state index is 12.8. The van der Waals surface area contributed by atoms with Crippen molar-refractivity contribution in [3.63, 3.8) is 0 Å². The highest BCUT2D eigenvalue weighted by Gasteiger charge is 2.30. The molecule has 4 rings (SSSR count). The Morgan fingerprint density at radius 2 is 1.83 bits per heavy atom. The standard InChI is InChI=1S/C26H24F3N3O4/c1-17-5-10-24-31-20(14-32(24)13-17)15-35-22-8-6-18(7-9-22)25(34)30-12-21(33)16-36-23-4-2-3-19(11-23)26(27,28)29/h2-11,13-14,21,33H,12,15-16H2,1H3,(H,30,34). The fraction of sp³-hybridized carbons (Fsp3) is 0.231. The van der Waals surface area contributed by atoms with Crippen molar-refractivity contribution in [1.82, 2.24) is 14.7 Å². The Balaban J connectivity index is 1.23. The number of carbonyl (C=O) groups is 1. The number of fused-ring (bicyclic) bond motifs is 1. The van der Waals surface area contributed by atoms with Gasteiger partial charge in [-0.15, -0.1) is 0 Å². The van der Waals surface area contributed by atoms with Crippen LogP contribution in [-0.4, -0.2) is 39.7 Å². The maximum Gasteiger partial charge on any atom is 0.416 e. The minimum Gasteiger partial charge on any atom is -0.491 e. The molecule has 2 aromatic heterocycles. The Kier molecular flexibility index (Phi) is 7.44. The van der Waals surface area contributed by atoms with Gasteiger partial charge >= 0.3 is 6.18 Å². The van der Waals surface area contributed by atoms with Crippen molar-refractivity contribution in [2.75, 3.05) is 13.2 Å². The first kappa shape index (κ1) is 25.1. The van der Waals surface area contributed by atoms with Gasteiger partial charge in [0.15, 0.2) is 0 Å². The second-order valence-corrected chi connectivity index (χ2v) is 8.22. The van der Waals surface area contributed by atoms with E-state index >= 15 is 0 Å². The van der Waals surface area contributed by atoms with Gasteiger partial charge in [0.1, 0.15) is 36.5 Å². The monoisotopic (exact) mass is 499 g/mol. The topological polar surface area (TPSA) is 85.1 Å². The number of alkyl halides is 3. The molecule has 36 heavy (non-hydrogen) atoms. The average molecular weight is 499 g/mol. The van der Waals surface area contributed by atoms with Crippen LogP contribution in [0, 0.1) is 6.92 Å². The molecule has 7 nitrogen and oxygen atoms in total. The first-order chi connectivity index (χ1) is 17.2. The van der Waals surface area contributed by atoms with E-state index in [2.05, 4.69) is 10.3 Å². The fourth-order valence-electron chi connectivity index (χ4n) is 3.41. The highest BCUT2D eigenvalue weighted by atomic mass is 19.4. The van der Waals surface area contributed by atoms with Crippen LogP contribution < -0.4 is 14.8 Å². The number of benzene rings is 2. The van der Waals surface area contributed by atoms with Crippen molar-refractivity contribution >= 4 is 11.6 Å². The number of hydrogen-bond acceptors (Lipinski definition) is 5. The summed E-state index contributed by atoms with van der Waals surface area (Å²) < 4.78 is 51.2. The van der Waals surface area contributed by atoms with Gasteiger partial charge in [0.05, 0.1) is 11.3 Å². The largest absolute Gasteiger partial charge is 0.491 e. The summed E-state index contributed by atoms with van der Waals surface area (Å²) in [6.07, 6.45) is -1.72. The van der Waals surface area contributed by atoms with Crippen molar-refractivity contribution in [3.8, 4) is 11.5 Å². The van der Waals surface area contributed by atoms with E-state index in [1.165, 1.54) is 12.1 Å². The zero-order valence-electron chi connectivity index (χ0n) is 19.3. The lowest BCUT2D eigenvalue weighted by atomic mass is 10.2. The van der Waals surface area contributed by atoms with Crippen molar-refractivity contribution in [3.05, 3.63) is 95.4 Å². The van der Waals surface area contributed by atoms with Gasteiger partial charge in [0.25, 0.3) is 5.91 Å². The summed E-state index contributed by atoms with van der Waals surface area (Å²) in [7, 11) is 0. The Morgan fingerprint density at radius 3 is 2.58 bits per heavy atom. The molecule has 1 unspecified atom stereocenters. The van der Waals surface area contributed by atoms with Gasteiger partial charge in [0.2, 0.25) is 0 Å². The molecule has 1 atom stereocenters. The summed E-state index contributed by atoms with van der Waals surface area (Å²) >= 11 is 0. The molecule has 0 aliphatic rings. The lowest BCUT2D eigenvalue weighted by molar-refractivity contribution is -0.137. The summed E-state index contributed by atoms with van der Waals surface area (Å²) in [6, 6.07) is 14.8. The molecule has 0 spiro atoms. The van der Waals surface area contributed by atoms with Crippen LogP contribution in [0.5, 0.6) is 11.5 Å². The molecule has 0 bridgehead atoms. The van der Waals surface area contributed by atoms with Crippen LogP contribution in [0.2, 0.25) is 0 Å². The molecule has 0 aliphatic carbocycles. The number of aromatic nitrogens is 2. The van der Waals surface area contributed by atoms with Crippen LogP contribution in [0.15, 0.2) is 73.1 Å². The molecule has 1 amide bonds. The SMILES string of the molecule is Cc1ccc2nc(COc3ccc(C(=O)NCC(O)COc4cccc(C(F)(F)F)c4)cc3)cn2c1. The van der Waals surface area contributed by atoms with Gasteiger partial charge in [-0.2, -0.15) is 13.2 Å². The van der Waals surface area contributed by atoms with Crippen LogP contribution in [0.3, 0.4) is 0 Å². The van der Waals surface area contributed by atoms with Crippen molar-refractivity contribution in [2.45, 2.75) is 25.8 Å². The van der Waals surface area contributed by atoms with Crippen LogP contribution in [-0.2, 0) is 12.8 Å². The van der Waals surface area contributed by atoms with E-state index in [1.54, 1.807) is 24.3 Å². The highest BCUT2D eigenvalue weighted by Crippen LogP contribution is 2.31. The van der Waals surface area contributed by atoms with Gasteiger partial charge in [0, 0.05) is 24.5 Å². The number of aliphatic hydroxyl groups is 1. The molecule has 2 heterocycles. The zero-order valence-corrected chi connectivity index (χ0v) is 19.3. The molecule has 2 N–H and O–H groups in total. The molecular weight excluding hydrogens is 475 g/mol. The summed E-state index contributed by atoms with van der Waals surface area (Å²) in [5, 5.41) is 12.6. The number of nitrogens with one attached hydrogen (secondary N) is 1. The summed E-state index contributed by atoms with van der Waals surface area (Å²) in [5.41, 5.74) is 2.23. The summed E-state index contributed by atoms with van der Waals surface area (Å²) in [4.78, 5) is 16.8. The lowest BCUT2D eigenvalue weighted by Gasteiger charge is -2.14. The zero-order chi connectivity index (χ0) is 25.7. The third-order valence-electron chi connectivity index (χ3n) is 5.25. The minimum absolute atomic E-state index is 0.0236. The summed E-state index contributed by atoms with van der Waals surface area (Å²) in [5.74, 6) is 0.120. The number of aryl methyl sites for hydroxylation is 1. The molecule has 0 radical (unpaired) electrons. The maximum atomic E-state index is 12.8. The van der Waals surface area contributed by atoms with Gasteiger partial charge in [-0.25, -0.2) is 4.98 Å². The quantitative estimate of drug-likeness (QED) is 0.356. The number of aliphatic hydroxyl groups excluding tert-OH is 1. The van der Waals surface area contributed by atoms with Gasteiger partial charge in [-0.05, 0) is 61.0 Å². The molecular formula is C26H24F3N3O4. The molecule has 10 heteroatoms. The second kappa shape index (κ2) is 10.7. The number of nitrogens with zero attached hydrogens (tertiary/aromatic N) is 2. The molecule has 0 fully saturated rings. The Hall–Kier alpha value is -4.05. The number of carbonyl (C=O) groups excluding carboxylic acids is 1. The van der Waals surface area contributed by atoms with E-state index in [4.69, 9.17) is 9.47 Å². The first-order valence-corrected chi connectivity index (χ1v) is 11.1.